The summed E-state index contributed by atoms with van der Waals surface area (Å²) in [7, 11) is 0. The lowest BCUT2D eigenvalue weighted by Gasteiger charge is -2.14. The van der Waals surface area contributed by atoms with Gasteiger partial charge in [0.05, 0.1) is 28.6 Å². The van der Waals surface area contributed by atoms with E-state index in [-0.39, 0.29) is 22.8 Å². The minimum atomic E-state index is -0.409. The number of thioether (sulfide) groups is 1. The number of benzene rings is 3. The molecule has 0 atom stereocenters. The first kappa shape index (κ1) is 22.1. The van der Waals surface area contributed by atoms with E-state index in [0.717, 1.165) is 17.3 Å². The molecule has 0 aliphatic rings. The third kappa shape index (κ3) is 4.88. The predicted molar refractivity (Wildman–Crippen MR) is 128 cm³/mol. The number of phenolic OH excluding ortho intramolecular Hbond substituents is 2. The normalized spacial score (nSPS) is 11.2. The van der Waals surface area contributed by atoms with Gasteiger partial charge in [0.2, 0.25) is 0 Å². The van der Waals surface area contributed by atoms with Crippen LogP contribution in [0.5, 0.6) is 11.5 Å². The van der Waals surface area contributed by atoms with E-state index in [9.17, 15) is 19.8 Å². The lowest BCUT2D eigenvalue weighted by atomic mass is 10.2. The van der Waals surface area contributed by atoms with E-state index >= 15 is 0 Å². The van der Waals surface area contributed by atoms with Crippen LogP contribution in [-0.4, -0.2) is 37.6 Å². The van der Waals surface area contributed by atoms with Crippen molar-refractivity contribution in [3.63, 3.8) is 0 Å². The topological polar surface area (TPSA) is 117 Å². The highest BCUT2D eigenvalue weighted by Gasteiger charge is 2.15. The summed E-state index contributed by atoms with van der Waals surface area (Å²) in [5.41, 5.74) is 4.67. The van der Waals surface area contributed by atoms with Crippen LogP contribution in [0.25, 0.3) is 16.6 Å². The third-order valence-corrected chi connectivity index (χ3v) is 5.78. The molecule has 33 heavy (non-hydrogen) atoms. The van der Waals surface area contributed by atoms with E-state index in [2.05, 4.69) is 15.5 Å². The lowest BCUT2D eigenvalue weighted by Crippen LogP contribution is -2.24. The summed E-state index contributed by atoms with van der Waals surface area (Å²) < 4.78 is 1.52. The first-order chi connectivity index (χ1) is 15.9. The van der Waals surface area contributed by atoms with Gasteiger partial charge in [0.1, 0.15) is 11.5 Å². The maximum atomic E-state index is 13.3. The van der Waals surface area contributed by atoms with Crippen LogP contribution in [-0.2, 0) is 4.79 Å². The van der Waals surface area contributed by atoms with Crippen molar-refractivity contribution in [3.8, 4) is 17.2 Å². The molecule has 3 N–H and O–H groups in total. The van der Waals surface area contributed by atoms with Crippen LogP contribution in [0.15, 0.2) is 81.8 Å². The van der Waals surface area contributed by atoms with Gasteiger partial charge in [-0.05, 0) is 42.8 Å². The van der Waals surface area contributed by atoms with Crippen molar-refractivity contribution in [2.75, 3.05) is 5.75 Å². The summed E-state index contributed by atoms with van der Waals surface area (Å²) in [5, 5.41) is 23.8. The fraction of sp³-hybridized carbons (Fsp3) is 0.0833. The van der Waals surface area contributed by atoms with E-state index in [1.54, 1.807) is 18.2 Å². The van der Waals surface area contributed by atoms with Gasteiger partial charge in [0, 0.05) is 11.6 Å². The van der Waals surface area contributed by atoms with Crippen molar-refractivity contribution in [1.29, 1.82) is 0 Å². The highest BCUT2D eigenvalue weighted by Crippen LogP contribution is 2.23. The van der Waals surface area contributed by atoms with Crippen molar-refractivity contribution in [2.24, 2.45) is 5.10 Å². The van der Waals surface area contributed by atoms with Crippen LogP contribution >= 0.6 is 11.8 Å². The SMILES string of the molecule is Cc1ccccc1-n1c(SCC(=O)NN=Cc2ccc(O)cc2O)nc2ccccc2c1=O. The van der Waals surface area contributed by atoms with Gasteiger partial charge in [0.25, 0.3) is 11.5 Å². The van der Waals surface area contributed by atoms with Crippen molar-refractivity contribution in [2.45, 2.75) is 12.1 Å². The average Bonchev–Trinajstić information content (AvgIpc) is 2.80. The quantitative estimate of drug-likeness (QED) is 0.176. The van der Waals surface area contributed by atoms with Gasteiger partial charge in [-0.2, -0.15) is 5.10 Å². The first-order valence-electron chi connectivity index (χ1n) is 9.98. The van der Waals surface area contributed by atoms with E-state index in [4.69, 9.17) is 0 Å². The number of aromatic hydroxyl groups is 2. The molecule has 166 valence electrons. The van der Waals surface area contributed by atoms with Crippen LogP contribution in [0.2, 0.25) is 0 Å². The molecule has 0 aliphatic heterocycles. The second-order valence-corrected chi connectivity index (χ2v) is 8.11. The molecule has 0 spiro atoms. The maximum Gasteiger partial charge on any atom is 0.266 e. The molecule has 0 radical (unpaired) electrons. The Morgan fingerprint density at radius 2 is 1.88 bits per heavy atom. The predicted octanol–water partition coefficient (Wildman–Crippen LogP) is 3.35. The van der Waals surface area contributed by atoms with Crippen molar-refractivity contribution < 1.29 is 15.0 Å². The number of para-hydroxylation sites is 2. The first-order valence-corrected chi connectivity index (χ1v) is 11.0. The molecule has 1 aromatic heterocycles. The Morgan fingerprint density at radius 1 is 1.12 bits per heavy atom. The van der Waals surface area contributed by atoms with E-state index in [1.807, 2.05) is 37.3 Å². The fourth-order valence-corrected chi connectivity index (χ4v) is 4.01. The monoisotopic (exact) mass is 460 g/mol. The number of hydrazone groups is 1. The van der Waals surface area contributed by atoms with Crippen molar-refractivity contribution in [3.05, 3.63) is 88.2 Å². The van der Waals surface area contributed by atoms with Crippen LogP contribution in [0, 0.1) is 6.92 Å². The number of hydrogen-bond acceptors (Lipinski definition) is 7. The molecule has 0 saturated carbocycles. The number of fused-ring (bicyclic) bond motifs is 1. The summed E-state index contributed by atoms with van der Waals surface area (Å²) >= 11 is 1.12. The molecule has 0 fully saturated rings. The van der Waals surface area contributed by atoms with E-state index < -0.39 is 5.91 Å². The van der Waals surface area contributed by atoms with Crippen LogP contribution in [0.3, 0.4) is 0 Å². The molecule has 1 amide bonds. The molecule has 4 aromatic rings. The molecule has 0 aliphatic carbocycles. The molecule has 0 unspecified atom stereocenters. The number of rotatable bonds is 6. The third-order valence-electron chi connectivity index (χ3n) is 4.84. The number of nitrogens with one attached hydrogen (secondary N) is 1. The van der Waals surface area contributed by atoms with Crippen LogP contribution < -0.4 is 11.0 Å². The van der Waals surface area contributed by atoms with Gasteiger partial charge in [0.15, 0.2) is 5.16 Å². The minimum absolute atomic E-state index is 0.0322. The highest BCUT2D eigenvalue weighted by atomic mass is 32.2. The number of aromatic nitrogens is 2. The number of nitrogens with zero attached hydrogens (tertiary/aromatic N) is 3. The van der Waals surface area contributed by atoms with Crippen molar-refractivity contribution >= 4 is 34.8 Å². The largest absolute Gasteiger partial charge is 0.508 e. The Hall–Kier alpha value is -4.11. The molecular weight excluding hydrogens is 440 g/mol. The highest BCUT2D eigenvalue weighted by molar-refractivity contribution is 7.99. The lowest BCUT2D eigenvalue weighted by molar-refractivity contribution is -0.118. The number of carbonyl (C=O) groups excluding carboxylic acids is 1. The van der Waals surface area contributed by atoms with Gasteiger partial charge >= 0.3 is 0 Å². The average molecular weight is 461 g/mol. The van der Waals surface area contributed by atoms with Crippen molar-refractivity contribution in [1.82, 2.24) is 15.0 Å². The maximum absolute atomic E-state index is 13.3. The fourth-order valence-electron chi connectivity index (χ4n) is 3.21. The molecule has 1 heterocycles. The summed E-state index contributed by atoms with van der Waals surface area (Å²) in [6, 6.07) is 18.6. The summed E-state index contributed by atoms with van der Waals surface area (Å²) in [6.07, 6.45) is 1.27. The standard InChI is InChI=1S/C24H20N4O4S/c1-15-6-2-5-9-20(15)28-23(32)18-7-3-4-8-19(18)26-24(28)33-14-22(31)27-25-13-16-10-11-17(29)12-21(16)30/h2-13,29-30H,14H2,1H3,(H,27,31). The number of hydrogen-bond donors (Lipinski definition) is 3. The summed E-state index contributed by atoms with van der Waals surface area (Å²) in [4.78, 5) is 30.2. The van der Waals surface area contributed by atoms with Gasteiger partial charge in [-0.3, -0.25) is 14.2 Å². The zero-order chi connectivity index (χ0) is 23.4. The minimum Gasteiger partial charge on any atom is -0.508 e. The molecule has 9 heteroatoms. The zero-order valence-corrected chi connectivity index (χ0v) is 18.4. The van der Waals surface area contributed by atoms with Crippen LogP contribution in [0.4, 0.5) is 0 Å². The Balaban J connectivity index is 1.57. The molecule has 3 aromatic carbocycles. The van der Waals surface area contributed by atoms with E-state index in [1.165, 1.54) is 29.0 Å². The van der Waals surface area contributed by atoms with Gasteiger partial charge in [-0.15, -0.1) is 0 Å². The van der Waals surface area contributed by atoms with Gasteiger partial charge < -0.3 is 10.2 Å². The Bertz CT molecular complexity index is 1430. The Labute approximate surface area is 193 Å². The molecule has 0 bridgehead atoms. The van der Waals surface area contributed by atoms with Crippen LogP contribution in [0.1, 0.15) is 11.1 Å². The zero-order valence-electron chi connectivity index (χ0n) is 17.6. The van der Waals surface area contributed by atoms with Gasteiger partial charge in [-0.25, -0.2) is 10.4 Å². The second-order valence-electron chi connectivity index (χ2n) is 7.16. The number of amides is 1. The molecular formula is C24H20N4O4S. The number of aryl methyl sites for hydroxylation is 1. The summed E-state index contributed by atoms with van der Waals surface area (Å²) in [5.74, 6) is -0.679. The number of phenols is 2. The molecule has 0 saturated heterocycles. The second kappa shape index (κ2) is 9.58. The molecule has 8 nitrogen and oxygen atoms in total. The number of carbonyl (C=O) groups is 1. The van der Waals surface area contributed by atoms with Gasteiger partial charge in [-0.1, -0.05) is 42.1 Å². The summed E-state index contributed by atoms with van der Waals surface area (Å²) in [6.45, 7) is 1.91. The molecule has 4 rings (SSSR count). The Morgan fingerprint density at radius 3 is 2.67 bits per heavy atom. The van der Waals surface area contributed by atoms with E-state index in [0.29, 0.717) is 27.3 Å². The smallest absolute Gasteiger partial charge is 0.266 e. The Kier molecular flexibility index (Phi) is 6.41.